The topological polar surface area (TPSA) is 66.5 Å². The van der Waals surface area contributed by atoms with Gasteiger partial charge in [-0.2, -0.15) is 0 Å². The summed E-state index contributed by atoms with van der Waals surface area (Å²) in [5, 5.41) is 3.09. The van der Waals surface area contributed by atoms with Gasteiger partial charge in [0.25, 0.3) is 5.91 Å². The number of carbonyl (C=O) groups excluding carboxylic acids is 1. The zero-order chi connectivity index (χ0) is 17.2. The number of hydrogen-bond donors (Lipinski definition) is 1. The maximum absolute atomic E-state index is 12.3. The lowest BCUT2D eigenvalue weighted by molar-refractivity contribution is 0.102. The van der Waals surface area contributed by atoms with Gasteiger partial charge in [0.1, 0.15) is 0 Å². The standard InChI is InChI=1S/C16H17ClN2O3S/c1-11-8-9-12(10-15(11)23(21,22)19(2)3)16(20)18-14-7-5-4-6-13(14)17/h4-10H,1-3H3,(H,18,20). The third-order valence-corrected chi connectivity index (χ3v) is 5.62. The highest BCUT2D eigenvalue weighted by Crippen LogP contribution is 2.23. The minimum atomic E-state index is -3.62. The Morgan fingerprint density at radius 1 is 1.13 bits per heavy atom. The van der Waals surface area contributed by atoms with E-state index in [0.717, 1.165) is 4.31 Å². The van der Waals surface area contributed by atoms with Crippen molar-refractivity contribution in [2.45, 2.75) is 11.8 Å². The van der Waals surface area contributed by atoms with Crippen LogP contribution in [0.5, 0.6) is 0 Å². The van der Waals surface area contributed by atoms with E-state index in [-0.39, 0.29) is 10.5 Å². The molecular formula is C16H17ClN2O3S. The first kappa shape index (κ1) is 17.5. The molecule has 0 saturated heterocycles. The molecule has 122 valence electrons. The molecule has 7 heteroatoms. The van der Waals surface area contributed by atoms with Gasteiger partial charge >= 0.3 is 0 Å². The number of rotatable bonds is 4. The summed E-state index contributed by atoms with van der Waals surface area (Å²) in [6, 6.07) is 11.4. The molecule has 1 amide bonds. The number of sulfonamides is 1. The van der Waals surface area contributed by atoms with Crippen LogP contribution in [0.1, 0.15) is 15.9 Å². The maximum Gasteiger partial charge on any atom is 0.255 e. The van der Waals surface area contributed by atoms with Crippen molar-refractivity contribution in [2.75, 3.05) is 19.4 Å². The lowest BCUT2D eigenvalue weighted by Gasteiger charge is -2.15. The van der Waals surface area contributed by atoms with Crippen molar-refractivity contribution in [1.82, 2.24) is 4.31 Å². The summed E-state index contributed by atoms with van der Waals surface area (Å²) in [6.07, 6.45) is 0. The zero-order valence-electron chi connectivity index (χ0n) is 13.0. The fraction of sp³-hybridized carbons (Fsp3) is 0.188. The molecule has 0 atom stereocenters. The van der Waals surface area contributed by atoms with Gasteiger partial charge in [-0.05, 0) is 36.8 Å². The number of amides is 1. The van der Waals surface area contributed by atoms with Gasteiger partial charge in [0.15, 0.2) is 0 Å². The van der Waals surface area contributed by atoms with Gasteiger partial charge in [-0.25, -0.2) is 12.7 Å². The van der Waals surface area contributed by atoms with Crippen molar-refractivity contribution in [3.8, 4) is 0 Å². The number of aryl methyl sites for hydroxylation is 1. The highest BCUT2D eigenvalue weighted by Gasteiger charge is 2.21. The average Bonchev–Trinajstić information content (AvgIpc) is 2.49. The van der Waals surface area contributed by atoms with Crippen molar-refractivity contribution in [2.24, 2.45) is 0 Å². The molecule has 2 rings (SSSR count). The van der Waals surface area contributed by atoms with Gasteiger partial charge in [-0.15, -0.1) is 0 Å². The molecule has 0 aliphatic heterocycles. The molecule has 0 aliphatic carbocycles. The fourth-order valence-electron chi connectivity index (χ4n) is 1.97. The molecule has 0 spiro atoms. The summed E-state index contributed by atoms with van der Waals surface area (Å²) in [5.74, 6) is -0.423. The molecule has 0 bridgehead atoms. The van der Waals surface area contributed by atoms with Crippen LogP contribution < -0.4 is 5.32 Å². The number of nitrogens with one attached hydrogen (secondary N) is 1. The second-order valence-electron chi connectivity index (χ2n) is 5.20. The zero-order valence-corrected chi connectivity index (χ0v) is 14.6. The first-order valence-corrected chi connectivity index (χ1v) is 8.64. The number of benzene rings is 2. The molecule has 0 aromatic heterocycles. The average molecular weight is 353 g/mol. The molecule has 0 saturated carbocycles. The van der Waals surface area contributed by atoms with Crippen molar-refractivity contribution in [1.29, 1.82) is 0 Å². The Balaban J connectivity index is 2.38. The van der Waals surface area contributed by atoms with Gasteiger partial charge in [0, 0.05) is 19.7 Å². The van der Waals surface area contributed by atoms with Crippen LogP contribution in [0.25, 0.3) is 0 Å². The van der Waals surface area contributed by atoms with Crippen LogP contribution in [0, 0.1) is 6.92 Å². The molecule has 0 aliphatic rings. The van der Waals surface area contributed by atoms with Crippen LogP contribution in [0.15, 0.2) is 47.4 Å². The molecule has 1 N–H and O–H groups in total. The second kappa shape index (κ2) is 6.70. The highest BCUT2D eigenvalue weighted by molar-refractivity contribution is 7.89. The van der Waals surface area contributed by atoms with Crippen LogP contribution in [0.2, 0.25) is 5.02 Å². The lowest BCUT2D eigenvalue weighted by Crippen LogP contribution is -2.23. The molecule has 0 unspecified atom stereocenters. The maximum atomic E-state index is 12.3. The Bertz CT molecular complexity index is 848. The Kier molecular flexibility index (Phi) is 5.09. The van der Waals surface area contributed by atoms with E-state index in [1.165, 1.54) is 20.2 Å². The predicted molar refractivity (Wildman–Crippen MR) is 91.5 cm³/mol. The van der Waals surface area contributed by atoms with Gasteiger partial charge in [-0.1, -0.05) is 29.8 Å². The molecule has 2 aromatic rings. The third-order valence-electron chi connectivity index (χ3n) is 3.33. The van der Waals surface area contributed by atoms with Gasteiger partial charge in [-0.3, -0.25) is 4.79 Å². The van der Waals surface area contributed by atoms with E-state index < -0.39 is 15.9 Å². The number of para-hydroxylation sites is 1. The SMILES string of the molecule is Cc1ccc(C(=O)Nc2ccccc2Cl)cc1S(=O)(=O)N(C)C. The summed E-state index contributed by atoms with van der Waals surface area (Å²) >= 11 is 6.01. The lowest BCUT2D eigenvalue weighted by atomic mass is 10.1. The van der Waals surface area contributed by atoms with Crippen LogP contribution in [0.3, 0.4) is 0 Å². The van der Waals surface area contributed by atoms with Crippen molar-refractivity contribution < 1.29 is 13.2 Å². The Morgan fingerprint density at radius 3 is 2.39 bits per heavy atom. The molecule has 0 heterocycles. The number of anilines is 1. The molecule has 5 nitrogen and oxygen atoms in total. The third kappa shape index (κ3) is 3.72. The Hall–Kier alpha value is -1.89. The Morgan fingerprint density at radius 2 is 1.78 bits per heavy atom. The summed E-state index contributed by atoms with van der Waals surface area (Å²) < 4.78 is 25.7. The largest absolute Gasteiger partial charge is 0.321 e. The number of halogens is 1. The molecule has 0 radical (unpaired) electrons. The van der Waals surface area contributed by atoms with E-state index >= 15 is 0 Å². The van der Waals surface area contributed by atoms with Crippen LogP contribution in [-0.4, -0.2) is 32.7 Å². The van der Waals surface area contributed by atoms with E-state index in [1.54, 1.807) is 43.3 Å². The predicted octanol–water partition coefficient (Wildman–Crippen LogP) is 3.15. The van der Waals surface area contributed by atoms with E-state index in [9.17, 15) is 13.2 Å². The normalized spacial score (nSPS) is 11.5. The van der Waals surface area contributed by atoms with E-state index in [2.05, 4.69) is 5.32 Å². The second-order valence-corrected chi connectivity index (χ2v) is 7.73. The summed E-state index contributed by atoms with van der Waals surface area (Å²) in [4.78, 5) is 12.5. The fourth-order valence-corrected chi connectivity index (χ4v) is 3.30. The smallest absolute Gasteiger partial charge is 0.255 e. The minimum Gasteiger partial charge on any atom is -0.321 e. The molecular weight excluding hydrogens is 336 g/mol. The van der Waals surface area contributed by atoms with Crippen LogP contribution >= 0.6 is 11.6 Å². The molecule has 2 aromatic carbocycles. The number of carbonyl (C=O) groups is 1. The van der Waals surface area contributed by atoms with Gasteiger partial charge in [0.2, 0.25) is 10.0 Å². The van der Waals surface area contributed by atoms with Crippen molar-refractivity contribution in [3.63, 3.8) is 0 Å². The van der Waals surface area contributed by atoms with E-state index in [4.69, 9.17) is 11.6 Å². The quantitative estimate of drug-likeness (QED) is 0.919. The van der Waals surface area contributed by atoms with Gasteiger partial charge < -0.3 is 5.32 Å². The van der Waals surface area contributed by atoms with E-state index in [0.29, 0.717) is 16.3 Å². The van der Waals surface area contributed by atoms with Gasteiger partial charge in [0.05, 0.1) is 15.6 Å². The summed E-state index contributed by atoms with van der Waals surface area (Å²) in [6.45, 7) is 1.69. The molecule has 0 fully saturated rings. The van der Waals surface area contributed by atoms with Crippen molar-refractivity contribution >= 4 is 33.2 Å². The Labute approximate surface area is 140 Å². The van der Waals surface area contributed by atoms with E-state index in [1.807, 2.05) is 0 Å². The number of nitrogens with zero attached hydrogens (tertiary/aromatic N) is 1. The van der Waals surface area contributed by atoms with Crippen LogP contribution in [0.4, 0.5) is 5.69 Å². The minimum absolute atomic E-state index is 0.106. The van der Waals surface area contributed by atoms with Crippen LogP contribution in [-0.2, 0) is 10.0 Å². The summed E-state index contributed by atoms with van der Waals surface area (Å²) in [5.41, 5.74) is 1.29. The highest BCUT2D eigenvalue weighted by atomic mass is 35.5. The summed E-state index contributed by atoms with van der Waals surface area (Å²) in [7, 11) is -0.718. The monoisotopic (exact) mass is 352 g/mol. The first-order valence-electron chi connectivity index (χ1n) is 6.82. The van der Waals surface area contributed by atoms with Crippen molar-refractivity contribution in [3.05, 3.63) is 58.6 Å². The number of hydrogen-bond acceptors (Lipinski definition) is 3. The molecule has 23 heavy (non-hydrogen) atoms. The first-order chi connectivity index (χ1) is 10.7.